The van der Waals surface area contributed by atoms with Crippen LogP contribution in [0.15, 0.2) is 24.3 Å². The minimum Gasteiger partial charge on any atom is -0.349 e. The van der Waals surface area contributed by atoms with Crippen LogP contribution in [0, 0.1) is 5.82 Å². The van der Waals surface area contributed by atoms with Gasteiger partial charge in [-0.05, 0) is 31.0 Å². The van der Waals surface area contributed by atoms with E-state index in [1.54, 1.807) is 4.90 Å². The summed E-state index contributed by atoms with van der Waals surface area (Å²) in [4.78, 5) is 37.3. The minimum atomic E-state index is -0.534. The zero-order valence-corrected chi connectivity index (χ0v) is 11.8. The van der Waals surface area contributed by atoms with Crippen LogP contribution in [0.3, 0.4) is 0 Å². The highest BCUT2D eigenvalue weighted by molar-refractivity contribution is 5.96. The summed E-state index contributed by atoms with van der Waals surface area (Å²) in [7, 11) is 0. The van der Waals surface area contributed by atoms with Gasteiger partial charge in [-0.3, -0.25) is 14.4 Å². The van der Waals surface area contributed by atoms with Crippen LogP contribution in [-0.4, -0.2) is 47.8 Å². The number of nitrogens with zero attached hydrogens (tertiary/aromatic N) is 1. The Balaban J connectivity index is 1.66. The Kier molecular flexibility index (Phi) is 3.79. The second kappa shape index (κ2) is 5.75. The Labute approximate surface area is 126 Å². The third-order valence-corrected chi connectivity index (χ3v) is 4.06. The van der Waals surface area contributed by atoms with Crippen molar-refractivity contribution in [2.24, 2.45) is 0 Å². The highest BCUT2D eigenvalue weighted by Crippen LogP contribution is 2.20. The molecule has 3 amide bonds. The molecule has 0 saturated carbocycles. The van der Waals surface area contributed by atoms with E-state index in [1.165, 1.54) is 24.3 Å². The van der Waals surface area contributed by atoms with E-state index in [0.717, 1.165) is 0 Å². The number of piperazine rings is 1. The maximum atomic E-state index is 13.1. The molecule has 2 atom stereocenters. The van der Waals surface area contributed by atoms with Gasteiger partial charge in [0.2, 0.25) is 11.8 Å². The summed E-state index contributed by atoms with van der Waals surface area (Å²) in [6.07, 6.45) is 0.954. The number of hydrogen-bond donors (Lipinski definition) is 2. The maximum absolute atomic E-state index is 13.1. The van der Waals surface area contributed by atoms with E-state index in [9.17, 15) is 18.8 Å². The van der Waals surface area contributed by atoms with Gasteiger partial charge in [0.15, 0.2) is 0 Å². The van der Waals surface area contributed by atoms with E-state index in [4.69, 9.17) is 0 Å². The molecule has 0 spiro atoms. The van der Waals surface area contributed by atoms with Crippen LogP contribution < -0.4 is 10.6 Å². The first kappa shape index (κ1) is 14.5. The summed E-state index contributed by atoms with van der Waals surface area (Å²) in [5, 5.41) is 5.36. The lowest BCUT2D eigenvalue weighted by Crippen LogP contribution is -2.63. The van der Waals surface area contributed by atoms with Crippen molar-refractivity contribution in [2.45, 2.75) is 24.9 Å². The monoisotopic (exact) mass is 305 g/mol. The SMILES string of the molecule is O=C(NC1CCN2C(=O)CNC(=O)C2C1)c1cccc(F)c1. The third kappa shape index (κ3) is 2.79. The Morgan fingerprint density at radius 2 is 2.18 bits per heavy atom. The lowest BCUT2D eigenvalue weighted by atomic mass is 9.94. The van der Waals surface area contributed by atoms with E-state index < -0.39 is 11.9 Å². The van der Waals surface area contributed by atoms with Crippen LogP contribution in [0.1, 0.15) is 23.2 Å². The number of benzene rings is 1. The molecule has 0 aromatic heterocycles. The number of rotatable bonds is 2. The zero-order chi connectivity index (χ0) is 15.7. The molecule has 7 heteroatoms. The predicted octanol–water partition coefficient (Wildman–Crippen LogP) is 0.0449. The quantitative estimate of drug-likeness (QED) is 0.810. The van der Waals surface area contributed by atoms with Crippen LogP contribution in [0.4, 0.5) is 4.39 Å². The van der Waals surface area contributed by atoms with Gasteiger partial charge in [0, 0.05) is 18.2 Å². The molecule has 116 valence electrons. The molecule has 2 unspecified atom stereocenters. The molecule has 2 aliphatic rings. The fraction of sp³-hybridized carbons (Fsp3) is 0.400. The molecule has 1 aromatic carbocycles. The zero-order valence-electron chi connectivity index (χ0n) is 11.8. The largest absolute Gasteiger partial charge is 0.349 e. The van der Waals surface area contributed by atoms with Crippen LogP contribution in [0.25, 0.3) is 0 Å². The maximum Gasteiger partial charge on any atom is 0.251 e. The van der Waals surface area contributed by atoms with Crippen molar-refractivity contribution >= 4 is 17.7 Å². The molecule has 0 radical (unpaired) electrons. The molecular formula is C15H16FN3O3. The van der Waals surface area contributed by atoms with E-state index in [2.05, 4.69) is 10.6 Å². The predicted molar refractivity (Wildman–Crippen MR) is 75.4 cm³/mol. The number of carbonyl (C=O) groups excluding carboxylic acids is 3. The van der Waals surface area contributed by atoms with Gasteiger partial charge in [0.25, 0.3) is 5.91 Å². The fourth-order valence-electron chi connectivity index (χ4n) is 2.92. The summed E-state index contributed by atoms with van der Waals surface area (Å²) < 4.78 is 13.1. The summed E-state index contributed by atoms with van der Waals surface area (Å²) in [5.74, 6) is -1.14. The molecule has 2 saturated heterocycles. The Hall–Kier alpha value is -2.44. The van der Waals surface area contributed by atoms with Crippen molar-refractivity contribution in [2.75, 3.05) is 13.1 Å². The summed E-state index contributed by atoms with van der Waals surface area (Å²) in [6.45, 7) is 0.473. The highest BCUT2D eigenvalue weighted by atomic mass is 19.1. The lowest BCUT2D eigenvalue weighted by molar-refractivity contribution is -0.147. The topological polar surface area (TPSA) is 78.5 Å². The molecule has 2 N–H and O–H groups in total. The normalized spacial score (nSPS) is 24.5. The average molecular weight is 305 g/mol. The first-order valence-electron chi connectivity index (χ1n) is 7.18. The van der Waals surface area contributed by atoms with E-state index in [1.807, 2.05) is 0 Å². The van der Waals surface area contributed by atoms with Crippen molar-refractivity contribution < 1.29 is 18.8 Å². The molecule has 2 aliphatic heterocycles. The number of hydrogen-bond acceptors (Lipinski definition) is 3. The molecule has 3 rings (SSSR count). The number of carbonyl (C=O) groups is 3. The van der Waals surface area contributed by atoms with Crippen molar-refractivity contribution in [3.05, 3.63) is 35.6 Å². The van der Waals surface area contributed by atoms with Crippen LogP contribution >= 0.6 is 0 Å². The van der Waals surface area contributed by atoms with Gasteiger partial charge >= 0.3 is 0 Å². The van der Waals surface area contributed by atoms with E-state index in [-0.39, 0.29) is 35.9 Å². The number of piperidine rings is 1. The molecule has 6 nitrogen and oxygen atoms in total. The molecule has 22 heavy (non-hydrogen) atoms. The van der Waals surface area contributed by atoms with Crippen LogP contribution in [0.2, 0.25) is 0 Å². The molecule has 2 heterocycles. The fourth-order valence-corrected chi connectivity index (χ4v) is 2.92. The standard InChI is InChI=1S/C15H16FN3O3/c16-10-3-1-2-9(6-10)14(21)18-11-4-5-19-12(7-11)15(22)17-8-13(19)20/h1-3,6,11-12H,4-5,7-8H2,(H,17,22)(H,18,21). The number of fused-ring (bicyclic) bond motifs is 1. The van der Waals surface area contributed by atoms with Gasteiger partial charge in [-0.15, -0.1) is 0 Å². The highest BCUT2D eigenvalue weighted by Gasteiger charge is 2.39. The van der Waals surface area contributed by atoms with Gasteiger partial charge < -0.3 is 15.5 Å². The van der Waals surface area contributed by atoms with Crippen molar-refractivity contribution in [3.8, 4) is 0 Å². The molecule has 2 fully saturated rings. The lowest BCUT2D eigenvalue weighted by Gasteiger charge is -2.41. The first-order valence-corrected chi connectivity index (χ1v) is 7.18. The Morgan fingerprint density at radius 1 is 1.36 bits per heavy atom. The molecule has 1 aromatic rings. The van der Waals surface area contributed by atoms with Crippen LogP contribution in [0.5, 0.6) is 0 Å². The summed E-state index contributed by atoms with van der Waals surface area (Å²) in [5.41, 5.74) is 0.242. The average Bonchev–Trinajstić information content (AvgIpc) is 2.51. The van der Waals surface area contributed by atoms with Gasteiger partial charge in [0.05, 0.1) is 6.54 Å². The second-order valence-electron chi connectivity index (χ2n) is 5.53. The van der Waals surface area contributed by atoms with Gasteiger partial charge in [0.1, 0.15) is 11.9 Å². The summed E-state index contributed by atoms with van der Waals surface area (Å²) in [6, 6.07) is 4.69. The van der Waals surface area contributed by atoms with E-state index >= 15 is 0 Å². The van der Waals surface area contributed by atoms with Crippen LogP contribution in [-0.2, 0) is 9.59 Å². The second-order valence-corrected chi connectivity index (χ2v) is 5.53. The van der Waals surface area contributed by atoms with Crippen molar-refractivity contribution in [1.29, 1.82) is 0 Å². The van der Waals surface area contributed by atoms with Gasteiger partial charge in [-0.25, -0.2) is 4.39 Å². The van der Waals surface area contributed by atoms with Gasteiger partial charge in [-0.2, -0.15) is 0 Å². The number of amides is 3. The van der Waals surface area contributed by atoms with Crippen molar-refractivity contribution in [1.82, 2.24) is 15.5 Å². The molecule has 0 aliphatic carbocycles. The number of halogens is 1. The van der Waals surface area contributed by atoms with Gasteiger partial charge in [-0.1, -0.05) is 6.07 Å². The third-order valence-electron chi connectivity index (χ3n) is 4.06. The first-order chi connectivity index (χ1) is 10.5. The summed E-state index contributed by atoms with van der Waals surface area (Å²) >= 11 is 0. The molecule has 0 bridgehead atoms. The number of nitrogens with one attached hydrogen (secondary N) is 2. The Bertz CT molecular complexity index is 634. The van der Waals surface area contributed by atoms with E-state index in [0.29, 0.717) is 19.4 Å². The molecular weight excluding hydrogens is 289 g/mol. The Morgan fingerprint density at radius 3 is 2.95 bits per heavy atom. The minimum absolute atomic E-state index is 0.0374. The van der Waals surface area contributed by atoms with Crippen molar-refractivity contribution in [3.63, 3.8) is 0 Å². The smallest absolute Gasteiger partial charge is 0.251 e.